The van der Waals surface area contributed by atoms with Crippen molar-refractivity contribution >= 4 is 39.4 Å². The minimum atomic E-state index is 0. The molecular formula is C15H8BrCl3SZr. The number of thiophene rings is 1. The Kier molecular flexibility index (Phi) is 7.00. The van der Waals surface area contributed by atoms with Crippen LogP contribution >= 0.6 is 27.3 Å². The summed E-state index contributed by atoms with van der Waals surface area (Å²) in [5.74, 6) is 0. The van der Waals surface area contributed by atoms with Gasteiger partial charge in [-0.15, -0.1) is 0 Å². The van der Waals surface area contributed by atoms with Gasteiger partial charge >= 0.3 is 134 Å². The third-order valence-electron chi connectivity index (χ3n) is 3.43. The normalized spacial score (nSPS) is 16.0. The van der Waals surface area contributed by atoms with Crippen LogP contribution in [0, 0.1) is 0 Å². The quantitative estimate of drug-likeness (QED) is 0.291. The van der Waals surface area contributed by atoms with E-state index in [1.54, 1.807) is 30.3 Å². The fraction of sp³-hybridized carbons (Fsp3) is 0.0667. The Hall–Kier alpha value is 0.633. The van der Waals surface area contributed by atoms with E-state index in [0.29, 0.717) is 3.63 Å². The van der Waals surface area contributed by atoms with Gasteiger partial charge in [0.15, 0.2) is 0 Å². The van der Waals surface area contributed by atoms with Crippen LogP contribution in [-0.4, -0.2) is 0 Å². The Labute approximate surface area is 169 Å². The molecule has 0 saturated carbocycles. The van der Waals surface area contributed by atoms with Crippen molar-refractivity contribution in [3.05, 3.63) is 55.0 Å². The first-order valence-electron chi connectivity index (χ1n) is 5.78. The number of fused-ring (bicyclic) bond motifs is 5. The van der Waals surface area contributed by atoms with E-state index < -0.39 is 0 Å². The summed E-state index contributed by atoms with van der Waals surface area (Å²) in [7, 11) is 0. The maximum atomic E-state index is 3.56. The third kappa shape index (κ3) is 3.16. The molecule has 4 rings (SSSR count). The Bertz CT molecular complexity index is 826. The summed E-state index contributed by atoms with van der Waals surface area (Å²) in [6, 6.07) is 6.61. The Morgan fingerprint density at radius 2 is 1.86 bits per heavy atom. The van der Waals surface area contributed by atoms with Crippen LogP contribution in [0.5, 0.6) is 0 Å². The van der Waals surface area contributed by atoms with E-state index in [-0.39, 0.29) is 37.2 Å². The van der Waals surface area contributed by atoms with Crippen molar-refractivity contribution in [2.45, 2.75) is 3.63 Å². The van der Waals surface area contributed by atoms with Gasteiger partial charge in [-0.2, -0.15) is 0 Å². The first-order chi connectivity index (χ1) is 8.74. The van der Waals surface area contributed by atoms with Crippen molar-refractivity contribution in [3.8, 4) is 11.1 Å². The molecule has 6 heteroatoms. The van der Waals surface area contributed by atoms with E-state index in [1.165, 1.54) is 25.8 Å². The van der Waals surface area contributed by atoms with Crippen LogP contribution in [-0.2, 0) is 24.7 Å². The van der Waals surface area contributed by atoms with Gasteiger partial charge in [-0.1, -0.05) is 0 Å². The zero-order valence-electron chi connectivity index (χ0n) is 10.5. The SMILES string of the molecule is Brc1ccc2c(c1)C=c1sc3c(c1-2)[CH]([Zr+3])C=CC=3.[Cl-].[Cl-].[Cl-]. The Morgan fingerprint density at radius 1 is 1.10 bits per heavy atom. The molecule has 1 aromatic heterocycles. The molecule has 1 heterocycles. The number of halogens is 4. The first kappa shape index (κ1) is 19.7. The van der Waals surface area contributed by atoms with Crippen LogP contribution < -0.4 is 46.3 Å². The summed E-state index contributed by atoms with van der Waals surface area (Å²) >= 11 is 7.06. The summed E-state index contributed by atoms with van der Waals surface area (Å²) in [6.07, 6.45) is 9.11. The van der Waals surface area contributed by atoms with Gasteiger partial charge in [-0.05, 0) is 0 Å². The van der Waals surface area contributed by atoms with Crippen LogP contribution in [0.1, 0.15) is 14.8 Å². The van der Waals surface area contributed by atoms with Gasteiger partial charge in [0.1, 0.15) is 0 Å². The zero-order chi connectivity index (χ0) is 12.3. The molecule has 0 spiro atoms. The largest absolute Gasteiger partial charge is 1.00 e. The van der Waals surface area contributed by atoms with Crippen LogP contribution in [0.15, 0.2) is 34.8 Å². The van der Waals surface area contributed by atoms with Gasteiger partial charge in [0, 0.05) is 0 Å². The number of benzene rings is 1. The predicted octanol–water partition coefficient (Wildman–Crippen LogP) is -5.73. The molecule has 1 unspecified atom stereocenters. The summed E-state index contributed by atoms with van der Waals surface area (Å²) < 4.78 is 4.65. The van der Waals surface area contributed by atoms with E-state index >= 15 is 0 Å². The standard InChI is InChI=1S/C15H8BrS.3ClH.Zr/c16-10-5-6-11-9(7-10)8-14-15(11)12-3-1-2-4-13(12)17-14;;;;/h1-8H;3*1H;/q;;;;+3/p-3. The van der Waals surface area contributed by atoms with E-state index in [2.05, 4.69) is 58.4 Å². The molecule has 0 radical (unpaired) electrons. The van der Waals surface area contributed by atoms with E-state index in [0.717, 1.165) is 4.47 Å². The molecular weight excluding hydrogens is 490 g/mol. The molecule has 106 valence electrons. The molecule has 0 fully saturated rings. The average Bonchev–Trinajstić information content (AvgIpc) is 2.83. The summed E-state index contributed by atoms with van der Waals surface area (Å²) in [5, 5.41) is 0. The smallest absolute Gasteiger partial charge is 1.00 e. The second kappa shape index (κ2) is 7.47. The molecule has 0 amide bonds. The first-order valence-corrected chi connectivity index (χ1v) is 8.81. The molecule has 1 atom stereocenters. The predicted molar refractivity (Wildman–Crippen MR) is 76.6 cm³/mol. The fourth-order valence-corrected chi connectivity index (χ4v) is 5.54. The Morgan fingerprint density at radius 3 is 2.62 bits per heavy atom. The van der Waals surface area contributed by atoms with Crippen molar-refractivity contribution in [1.82, 2.24) is 0 Å². The second-order valence-corrected chi connectivity index (χ2v) is 8.05. The molecule has 0 aliphatic heterocycles. The van der Waals surface area contributed by atoms with Crippen molar-refractivity contribution in [2.24, 2.45) is 0 Å². The molecule has 0 nitrogen and oxygen atoms in total. The van der Waals surface area contributed by atoms with Crippen molar-refractivity contribution in [3.63, 3.8) is 0 Å². The molecule has 0 N–H and O–H groups in total. The van der Waals surface area contributed by atoms with Gasteiger partial charge in [-0.25, -0.2) is 0 Å². The zero-order valence-corrected chi connectivity index (χ0v) is 17.7. The van der Waals surface area contributed by atoms with Crippen molar-refractivity contribution in [1.29, 1.82) is 0 Å². The van der Waals surface area contributed by atoms with Crippen LogP contribution in [0.25, 0.3) is 23.3 Å². The minimum Gasteiger partial charge on any atom is -1.00 e. The minimum absolute atomic E-state index is 0. The number of allylic oxidation sites excluding steroid dienone is 2. The monoisotopic (exact) mass is 494 g/mol. The molecule has 1 aromatic carbocycles. The average molecular weight is 498 g/mol. The number of hydrogen-bond donors (Lipinski definition) is 0. The van der Waals surface area contributed by atoms with E-state index in [9.17, 15) is 0 Å². The molecule has 2 aliphatic rings. The molecule has 2 aliphatic carbocycles. The van der Waals surface area contributed by atoms with Crippen LogP contribution in [0.4, 0.5) is 0 Å². The van der Waals surface area contributed by atoms with Gasteiger partial charge in [0.05, 0.1) is 0 Å². The van der Waals surface area contributed by atoms with Gasteiger partial charge in [-0.3, -0.25) is 0 Å². The van der Waals surface area contributed by atoms with Gasteiger partial charge < -0.3 is 37.2 Å². The second-order valence-electron chi connectivity index (χ2n) is 4.52. The number of rotatable bonds is 0. The van der Waals surface area contributed by atoms with Gasteiger partial charge in [0.2, 0.25) is 0 Å². The van der Waals surface area contributed by atoms with Crippen molar-refractivity contribution in [2.75, 3.05) is 0 Å². The summed E-state index contributed by atoms with van der Waals surface area (Å²) in [6.45, 7) is 0. The maximum Gasteiger partial charge on any atom is -1.00 e. The maximum absolute atomic E-state index is 3.56. The fourth-order valence-electron chi connectivity index (χ4n) is 2.66. The van der Waals surface area contributed by atoms with E-state index in [4.69, 9.17) is 0 Å². The molecule has 2 aromatic rings. The topological polar surface area (TPSA) is 0 Å². The number of hydrogen-bond acceptors (Lipinski definition) is 1. The third-order valence-corrected chi connectivity index (χ3v) is 6.23. The van der Waals surface area contributed by atoms with Crippen molar-refractivity contribution < 1.29 is 61.9 Å². The summed E-state index contributed by atoms with van der Waals surface area (Å²) in [4.78, 5) is 0. The molecule has 0 bridgehead atoms. The van der Waals surface area contributed by atoms with Gasteiger partial charge in [0.25, 0.3) is 0 Å². The van der Waals surface area contributed by atoms with Crippen LogP contribution in [0.3, 0.4) is 0 Å². The van der Waals surface area contributed by atoms with Crippen LogP contribution in [0.2, 0.25) is 0 Å². The van der Waals surface area contributed by atoms with E-state index in [1.807, 2.05) is 11.3 Å². The molecule has 0 saturated heterocycles. The Balaban J connectivity index is 0.000000735. The summed E-state index contributed by atoms with van der Waals surface area (Å²) in [5.41, 5.74) is 5.79. The molecule has 21 heavy (non-hydrogen) atoms.